The van der Waals surface area contributed by atoms with E-state index in [-0.39, 0.29) is 0 Å². The van der Waals surface area contributed by atoms with Crippen molar-refractivity contribution < 1.29 is 0 Å². The summed E-state index contributed by atoms with van der Waals surface area (Å²) in [5, 5.41) is 5.62. The van der Waals surface area contributed by atoms with Gasteiger partial charge in [0.2, 0.25) is 0 Å². The van der Waals surface area contributed by atoms with Crippen LogP contribution in [0, 0.1) is 6.92 Å². The molecule has 4 aromatic rings. The Morgan fingerprint density at radius 1 is 0.722 bits per heavy atom. The van der Waals surface area contributed by atoms with E-state index in [0.29, 0.717) is 14.5 Å². The van der Waals surface area contributed by atoms with Crippen molar-refractivity contribution in [1.29, 1.82) is 0 Å². The van der Waals surface area contributed by atoms with Crippen molar-refractivity contribution in [3.05, 3.63) is 60.2 Å². The average Bonchev–Trinajstić information content (AvgIpc) is 2.74. The standard InChI is InChI=1S/C17H12Se/c1-11-6-7-12-10-17-15(9-13(12)8-11)14-4-2-3-5-16(14)18-17/h2-10H,1H3. The van der Waals surface area contributed by atoms with Gasteiger partial charge in [-0.25, -0.2) is 0 Å². The third-order valence-corrected chi connectivity index (χ3v) is 5.87. The first-order valence-electron chi connectivity index (χ1n) is 6.13. The van der Waals surface area contributed by atoms with Crippen LogP contribution in [0.15, 0.2) is 54.6 Å². The average molecular weight is 295 g/mol. The van der Waals surface area contributed by atoms with Crippen molar-refractivity contribution in [3.63, 3.8) is 0 Å². The monoisotopic (exact) mass is 296 g/mol. The van der Waals surface area contributed by atoms with Crippen LogP contribution in [0.5, 0.6) is 0 Å². The molecule has 0 aliphatic heterocycles. The molecule has 0 fully saturated rings. The van der Waals surface area contributed by atoms with Crippen LogP contribution < -0.4 is 0 Å². The fourth-order valence-electron chi connectivity index (χ4n) is 2.59. The zero-order valence-corrected chi connectivity index (χ0v) is 11.8. The van der Waals surface area contributed by atoms with E-state index < -0.39 is 0 Å². The SMILES string of the molecule is Cc1ccc2cc3[se]c4ccccc4c3cc2c1. The number of rotatable bonds is 0. The van der Waals surface area contributed by atoms with Crippen LogP contribution in [0.2, 0.25) is 0 Å². The molecule has 0 saturated heterocycles. The maximum atomic E-state index is 2.38. The summed E-state index contributed by atoms with van der Waals surface area (Å²) < 4.78 is 3.05. The Kier molecular flexibility index (Phi) is 2.14. The van der Waals surface area contributed by atoms with E-state index in [1.165, 1.54) is 35.6 Å². The second kappa shape index (κ2) is 3.71. The molecule has 1 aromatic heterocycles. The minimum absolute atomic E-state index is 0.477. The van der Waals surface area contributed by atoms with Crippen molar-refractivity contribution in [2.75, 3.05) is 0 Å². The van der Waals surface area contributed by atoms with Gasteiger partial charge in [-0.05, 0) is 0 Å². The molecule has 0 atom stereocenters. The predicted molar refractivity (Wildman–Crippen MR) is 80.6 cm³/mol. The van der Waals surface area contributed by atoms with E-state index in [1.54, 1.807) is 0 Å². The number of aryl methyl sites for hydroxylation is 1. The molecular formula is C17H12Se. The van der Waals surface area contributed by atoms with Gasteiger partial charge in [0.25, 0.3) is 0 Å². The zero-order chi connectivity index (χ0) is 12.1. The van der Waals surface area contributed by atoms with Crippen molar-refractivity contribution in [3.8, 4) is 0 Å². The second-order valence-corrected chi connectivity index (χ2v) is 7.07. The van der Waals surface area contributed by atoms with Gasteiger partial charge < -0.3 is 0 Å². The first-order chi connectivity index (χ1) is 8.81. The number of benzene rings is 3. The van der Waals surface area contributed by atoms with Crippen molar-refractivity contribution in [2.24, 2.45) is 0 Å². The van der Waals surface area contributed by atoms with Gasteiger partial charge in [0, 0.05) is 0 Å². The van der Waals surface area contributed by atoms with E-state index in [0.717, 1.165) is 0 Å². The van der Waals surface area contributed by atoms with Gasteiger partial charge in [-0.2, -0.15) is 0 Å². The van der Waals surface area contributed by atoms with Crippen LogP contribution >= 0.6 is 0 Å². The minimum atomic E-state index is 0.477. The maximum absolute atomic E-state index is 2.38. The normalized spacial score (nSPS) is 11.6. The van der Waals surface area contributed by atoms with Crippen LogP contribution in [0.1, 0.15) is 5.56 Å². The summed E-state index contributed by atoms with van der Waals surface area (Å²) in [7, 11) is 0. The van der Waals surface area contributed by atoms with Gasteiger partial charge >= 0.3 is 112 Å². The molecule has 0 aliphatic carbocycles. The quantitative estimate of drug-likeness (QED) is 0.419. The summed E-state index contributed by atoms with van der Waals surface area (Å²) >= 11 is 0.477. The summed E-state index contributed by atoms with van der Waals surface area (Å²) in [4.78, 5) is 0. The molecule has 18 heavy (non-hydrogen) atoms. The van der Waals surface area contributed by atoms with E-state index in [2.05, 4.69) is 61.5 Å². The van der Waals surface area contributed by atoms with E-state index in [1.807, 2.05) is 0 Å². The molecule has 0 saturated carbocycles. The molecule has 4 rings (SSSR count). The van der Waals surface area contributed by atoms with Crippen LogP contribution in [0.3, 0.4) is 0 Å². The van der Waals surface area contributed by atoms with Crippen molar-refractivity contribution in [2.45, 2.75) is 6.92 Å². The molecule has 0 aliphatic rings. The number of hydrogen-bond acceptors (Lipinski definition) is 0. The van der Waals surface area contributed by atoms with E-state index >= 15 is 0 Å². The van der Waals surface area contributed by atoms with Gasteiger partial charge in [-0.3, -0.25) is 0 Å². The van der Waals surface area contributed by atoms with Crippen LogP contribution in [0.4, 0.5) is 0 Å². The van der Waals surface area contributed by atoms with Crippen molar-refractivity contribution >= 4 is 44.6 Å². The molecule has 0 nitrogen and oxygen atoms in total. The Bertz CT molecular complexity index is 884. The third-order valence-electron chi connectivity index (χ3n) is 3.49. The fraction of sp³-hybridized carbons (Fsp3) is 0.0588. The zero-order valence-electron chi connectivity index (χ0n) is 10.1. The molecule has 86 valence electrons. The summed E-state index contributed by atoms with van der Waals surface area (Å²) in [6.45, 7) is 2.16. The third kappa shape index (κ3) is 1.45. The number of hydrogen-bond donors (Lipinski definition) is 0. The Balaban J connectivity index is 2.24. The van der Waals surface area contributed by atoms with Crippen LogP contribution in [-0.2, 0) is 0 Å². The topological polar surface area (TPSA) is 0 Å². The van der Waals surface area contributed by atoms with E-state index in [4.69, 9.17) is 0 Å². The molecule has 1 heteroatoms. The Morgan fingerprint density at radius 2 is 1.61 bits per heavy atom. The summed E-state index contributed by atoms with van der Waals surface area (Å²) in [6, 6.07) is 20.3. The first kappa shape index (κ1) is 10.4. The Labute approximate surface area is 112 Å². The molecule has 0 unspecified atom stereocenters. The van der Waals surface area contributed by atoms with Gasteiger partial charge in [-0.15, -0.1) is 0 Å². The van der Waals surface area contributed by atoms with Gasteiger partial charge in [0.05, 0.1) is 0 Å². The van der Waals surface area contributed by atoms with Crippen LogP contribution in [-0.4, -0.2) is 14.5 Å². The molecule has 0 radical (unpaired) electrons. The summed E-state index contributed by atoms with van der Waals surface area (Å²) in [6.07, 6.45) is 0. The van der Waals surface area contributed by atoms with Crippen LogP contribution in [0.25, 0.3) is 30.1 Å². The molecular weight excluding hydrogens is 283 g/mol. The Hall–Kier alpha value is -1.56. The molecule has 1 heterocycles. The fourth-order valence-corrected chi connectivity index (χ4v) is 4.97. The number of fused-ring (bicyclic) bond motifs is 4. The summed E-state index contributed by atoms with van der Waals surface area (Å²) in [5.74, 6) is 0. The van der Waals surface area contributed by atoms with Gasteiger partial charge in [0.15, 0.2) is 0 Å². The second-order valence-electron chi connectivity index (χ2n) is 4.80. The molecule has 0 amide bonds. The predicted octanol–water partition coefficient (Wildman–Crippen LogP) is 4.51. The Morgan fingerprint density at radius 3 is 2.56 bits per heavy atom. The van der Waals surface area contributed by atoms with Gasteiger partial charge in [0.1, 0.15) is 0 Å². The van der Waals surface area contributed by atoms with Crippen molar-refractivity contribution in [1.82, 2.24) is 0 Å². The molecule has 0 spiro atoms. The van der Waals surface area contributed by atoms with Gasteiger partial charge in [-0.1, -0.05) is 0 Å². The van der Waals surface area contributed by atoms with E-state index in [9.17, 15) is 0 Å². The first-order valence-corrected chi connectivity index (χ1v) is 7.84. The molecule has 3 aromatic carbocycles. The molecule has 0 N–H and O–H groups in total. The summed E-state index contributed by atoms with van der Waals surface area (Å²) in [5.41, 5.74) is 1.33. The molecule has 0 bridgehead atoms.